The van der Waals surface area contributed by atoms with Gasteiger partial charge in [0, 0.05) is 21.7 Å². The Labute approximate surface area is 173 Å². The Morgan fingerprint density at radius 1 is 0.929 bits per heavy atom. The minimum absolute atomic E-state index is 0. The van der Waals surface area contributed by atoms with Crippen LogP contribution in [0.1, 0.15) is 82.5 Å². The summed E-state index contributed by atoms with van der Waals surface area (Å²) < 4.78 is 10.2. The third kappa shape index (κ3) is 15.9. The molecule has 0 aromatic carbocycles. The molecule has 2 atom stereocenters. The number of hydrogen-bond acceptors (Lipinski definition) is 4. The summed E-state index contributed by atoms with van der Waals surface area (Å²) in [7, 11) is 0. The van der Waals surface area contributed by atoms with E-state index >= 15 is 0 Å². The molecule has 0 fully saturated rings. The second-order valence-electron chi connectivity index (χ2n) is 7.72. The van der Waals surface area contributed by atoms with Gasteiger partial charge in [0.15, 0.2) is 5.60 Å². The average Bonchev–Trinajstić information content (AvgIpc) is 2.53. The maximum absolute atomic E-state index is 10.8. The molecule has 4 heteroatoms. The lowest BCUT2D eigenvalue weighted by atomic mass is 9.99. The number of rotatable bonds is 9. The maximum Gasteiger partial charge on any atom is 0.304 e. The normalized spacial score (nSPS) is 13.8. The van der Waals surface area contributed by atoms with E-state index in [9.17, 15) is 9.59 Å². The van der Waals surface area contributed by atoms with Crippen molar-refractivity contribution >= 4 is 11.9 Å². The van der Waals surface area contributed by atoms with Crippen LogP contribution < -0.4 is 0 Å². The number of esters is 2. The molecule has 0 aromatic heterocycles. The first-order chi connectivity index (χ1) is 12.8. The van der Waals surface area contributed by atoms with Gasteiger partial charge in [-0.05, 0) is 66.9 Å². The lowest BCUT2D eigenvalue weighted by Gasteiger charge is -2.24. The highest BCUT2D eigenvalue weighted by Crippen LogP contribution is 2.20. The lowest BCUT2D eigenvalue weighted by molar-refractivity contribution is -0.152. The first-order valence-electron chi connectivity index (χ1n) is 9.56. The molecule has 0 radical (unpaired) electrons. The molecule has 0 heterocycles. The van der Waals surface area contributed by atoms with Crippen molar-refractivity contribution in [1.82, 2.24) is 0 Å². The van der Waals surface area contributed by atoms with Crippen molar-refractivity contribution < 1.29 is 20.5 Å². The first kappa shape index (κ1) is 27.9. The van der Waals surface area contributed by atoms with Crippen LogP contribution in [0.4, 0.5) is 0 Å². The summed E-state index contributed by atoms with van der Waals surface area (Å²) in [5.74, 6) is 1.92. The molecule has 0 N–H and O–H groups in total. The van der Waals surface area contributed by atoms with E-state index in [1.165, 1.54) is 25.0 Å². The molecule has 0 aliphatic rings. The van der Waals surface area contributed by atoms with E-state index in [0.29, 0.717) is 6.42 Å². The standard InChI is InChI=1S/C12H20O2.C12H18O2.H2/c2*1-6-12(5,14-11(4)13)9-7-8-10(2)3;/h6,8H,1,7,9H2,2-5H3;1,8H,7,9H2,2-5H3;1H. The van der Waals surface area contributed by atoms with Crippen molar-refractivity contribution in [3.05, 3.63) is 36.0 Å². The van der Waals surface area contributed by atoms with Gasteiger partial charge in [-0.1, -0.05) is 35.8 Å². The average molecular weight is 393 g/mol. The van der Waals surface area contributed by atoms with Crippen molar-refractivity contribution in [2.75, 3.05) is 0 Å². The van der Waals surface area contributed by atoms with Gasteiger partial charge in [-0.2, -0.15) is 0 Å². The molecule has 0 amide bonds. The van der Waals surface area contributed by atoms with Crippen molar-refractivity contribution in [3.8, 4) is 12.3 Å². The van der Waals surface area contributed by atoms with Crippen LogP contribution in [-0.2, 0) is 19.1 Å². The van der Waals surface area contributed by atoms with Crippen LogP contribution >= 0.6 is 0 Å². The molecule has 160 valence electrons. The number of ether oxygens (including phenoxy) is 2. The van der Waals surface area contributed by atoms with E-state index in [1.807, 2.05) is 20.8 Å². The Hall–Kier alpha value is -2.28. The molecule has 28 heavy (non-hydrogen) atoms. The first-order valence-corrected chi connectivity index (χ1v) is 9.56. The monoisotopic (exact) mass is 392 g/mol. The Balaban J connectivity index is -0.000000451. The molecule has 2 unspecified atom stereocenters. The van der Waals surface area contributed by atoms with E-state index in [0.717, 1.165) is 19.3 Å². The number of terminal acetylenes is 1. The molecule has 0 rings (SSSR count). The Morgan fingerprint density at radius 3 is 1.68 bits per heavy atom. The molecule has 0 bridgehead atoms. The molecular weight excluding hydrogens is 352 g/mol. The van der Waals surface area contributed by atoms with Gasteiger partial charge >= 0.3 is 11.9 Å². The van der Waals surface area contributed by atoms with Gasteiger partial charge in [-0.25, -0.2) is 0 Å². The zero-order chi connectivity index (χ0) is 22.4. The van der Waals surface area contributed by atoms with E-state index in [1.54, 1.807) is 13.0 Å². The van der Waals surface area contributed by atoms with Crippen LogP contribution in [0, 0.1) is 12.3 Å². The summed E-state index contributed by atoms with van der Waals surface area (Å²) >= 11 is 0. The van der Waals surface area contributed by atoms with Gasteiger partial charge in [0.2, 0.25) is 0 Å². The predicted octanol–water partition coefficient (Wildman–Crippen LogP) is 6.17. The minimum atomic E-state index is -0.766. The Bertz CT molecular complexity index is 619. The van der Waals surface area contributed by atoms with E-state index in [2.05, 4.69) is 38.5 Å². The topological polar surface area (TPSA) is 52.6 Å². The highest BCUT2D eigenvalue weighted by Gasteiger charge is 2.23. The molecular formula is C24H40O4. The van der Waals surface area contributed by atoms with Crippen LogP contribution in [0.5, 0.6) is 0 Å². The van der Waals surface area contributed by atoms with Gasteiger partial charge in [0.25, 0.3) is 0 Å². The minimum Gasteiger partial charge on any atom is -0.455 e. The fraction of sp³-hybridized carbons (Fsp3) is 0.583. The summed E-state index contributed by atoms with van der Waals surface area (Å²) in [5.41, 5.74) is 1.22. The van der Waals surface area contributed by atoms with Gasteiger partial charge in [0.05, 0.1) is 0 Å². The van der Waals surface area contributed by atoms with Crippen molar-refractivity contribution in [3.63, 3.8) is 0 Å². The number of hydrogen-bond donors (Lipinski definition) is 0. The summed E-state index contributed by atoms with van der Waals surface area (Å²) in [6, 6.07) is 0. The van der Waals surface area contributed by atoms with Crippen LogP contribution in [0.15, 0.2) is 36.0 Å². The third-order valence-electron chi connectivity index (χ3n) is 3.85. The van der Waals surface area contributed by atoms with Crippen molar-refractivity contribution in [2.24, 2.45) is 0 Å². The highest BCUT2D eigenvalue weighted by molar-refractivity contribution is 5.67. The second kappa shape index (κ2) is 13.8. The van der Waals surface area contributed by atoms with Gasteiger partial charge in [-0.3, -0.25) is 9.59 Å². The maximum atomic E-state index is 10.8. The fourth-order valence-electron chi connectivity index (χ4n) is 2.28. The number of carbonyl (C=O) groups excluding carboxylic acids is 2. The van der Waals surface area contributed by atoms with E-state index in [-0.39, 0.29) is 13.4 Å². The van der Waals surface area contributed by atoms with Crippen LogP contribution in [-0.4, -0.2) is 23.1 Å². The van der Waals surface area contributed by atoms with Crippen molar-refractivity contribution in [2.45, 2.75) is 92.3 Å². The van der Waals surface area contributed by atoms with Crippen molar-refractivity contribution in [1.29, 1.82) is 0 Å². The van der Waals surface area contributed by atoms with E-state index < -0.39 is 11.2 Å². The molecule has 0 saturated heterocycles. The van der Waals surface area contributed by atoms with Gasteiger partial charge < -0.3 is 9.47 Å². The largest absolute Gasteiger partial charge is 0.455 e. The lowest BCUT2D eigenvalue weighted by Crippen LogP contribution is -2.28. The zero-order valence-corrected chi connectivity index (χ0v) is 19.0. The Kier molecular flexibility index (Phi) is 13.8. The van der Waals surface area contributed by atoms with Crippen LogP contribution in [0.3, 0.4) is 0 Å². The SMILES string of the molecule is C#CC(C)(CCC=C(C)C)OC(C)=O.C=CC(C)(CCC=C(C)C)OC(C)=O.[HH]. The quantitative estimate of drug-likeness (QED) is 0.267. The summed E-state index contributed by atoms with van der Waals surface area (Å²) in [4.78, 5) is 21.6. The van der Waals surface area contributed by atoms with Gasteiger partial charge in [0.1, 0.15) is 5.60 Å². The van der Waals surface area contributed by atoms with Crippen LogP contribution in [0.2, 0.25) is 0 Å². The van der Waals surface area contributed by atoms with Crippen LogP contribution in [0.25, 0.3) is 0 Å². The fourth-order valence-corrected chi connectivity index (χ4v) is 2.28. The molecule has 0 aromatic rings. The third-order valence-corrected chi connectivity index (χ3v) is 3.85. The molecule has 0 aliphatic heterocycles. The van der Waals surface area contributed by atoms with E-state index in [4.69, 9.17) is 15.9 Å². The zero-order valence-electron chi connectivity index (χ0n) is 19.0. The predicted molar refractivity (Wildman–Crippen MR) is 119 cm³/mol. The summed E-state index contributed by atoms with van der Waals surface area (Å²) in [5, 5.41) is 0. The number of carbonyl (C=O) groups is 2. The second-order valence-corrected chi connectivity index (χ2v) is 7.72. The highest BCUT2D eigenvalue weighted by atomic mass is 16.6. The molecule has 4 nitrogen and oxygen atoms in total. The Morgan fingerprint density at radius 2 is 1.36 bits per heavy atom. The number of allylic oxidation sites excluding steroid dienone is 4. The molecule has 0 spiro atoms. The van der Waals surface area contributed by atoms with Gasteiger partial charge in [-0.15, -0.1) is 6.42 Å². The smallest absolute Gasteiger partial charge is 0.304 e. The summed E-state index contributed by atoms with van der Waals surface area (Å²) in [6.07, 6.45) is 14.4. The molecule has 0 saturated carbocycles. The molecule has 0 aliphatic carbocycles. The summed E-state index contributed by atoms with van der Waals surface area (Å²) in [6.45, 7) is 18.3.